The summed E-state index contributed by atoms with van der Waals surface area (Å²) in [6.45, 7) is 6.04. The third-order valence-corrected chi connectivity index (χ3v) is 3.10. The number of hydrogen-bond acceptors (Lipinski definition) is 2. The first kappa shape index (κ1) is 13.3. The number of anilines is 1. The third-order valence-electron chi connectivity index (χ3n) is 2.81. The van der Waals surface area contributed by atoms with E-state index in [4.69, 9.17) is 11.6 Å². The van der Waals surface area contributed by atoms with Gasteiger partial charge in [-0.1, -0.05) is 25.4 Å². The summed E-state index contributed by atoms with van der Waals surface area (Å²) < 4.78 is 12.9. The first-order valence-corrected chi connectivity index (χ1v) is 5.62. The molecule has 1 aromatic rings. The van der Waals surface area contributed by atoms with Crippen molar-refractivity contribution in [1.82, 2.24) is 0 Å². The molecule has 16 heavy (non-hydrogen) atoms. The van der Waals surface area contributed by atoms with Gasteiger partial charge in [0.25, 0.3) is 0 Å². The molecule has 0 fully saturated rings. The van der Waals surface area contributed by atoms with Gasteiger partial charge in [0.15, 0.2) is 0 Å². The van der Waals surface area contributed by atoms with Crippen molar-refractivity contribution >= 4 is 17.3 Å². The molecule has 0 radical (unpaired) electrons. The van der Waals surface area contributed by atoms with E-state index in [0.717, 1.165) is 0 Å². The molecule has 1 aromatic carbocycles. The van der Waals surface area contributed by atoms with Gasteiger partial charge in [0.2, 0.25) is 0 Å². The molecule has 1 atom stereocenters. The van der Waals surface area contributed by atoms with Crippen LogP contribution in [0.15, 0.2) is 18.2 Å². The monoisotopic (exact) mass is 245 g/mol. The fraction of sp³-hybridized carbons (Fsp3) is 0.500. The minimum atomic E-state index is -0.805. The topological polar surface area (TPSA) is 32.3 Å². The summed E-state index contributed by atoms with van der Waals surface area (Å²) in [6, 6.07) is 4.40. The highest BCUT2D eigenvalue weighted by Gasteiger charge is 2.24. The van der Waals surface area contributed by atoms with Crippen LogP contribution >= 0.6 is 11.6 Å². The predicted molar refractivity (Wildman–Crippen MR) is 65.4 cm³/mol. The predicted octanol–water partition coefficient (Wildman–Crippen LogP) is 3.30. The van der Waals surface area contributed by atoms with E-state index in [1.165, 1.54) is 12.1 Å². The number of aliphatic hydroxyl groups is 1. The Morgan fingerprint density at radius 1 is 1.50 bits per heavy atom. The Morgan fingerprint density at radius 3 is 2.62 bits per heavy atom. The van der Waals surface area contributed by atoms with Crippen LogP contribution < -0.4 is 5.32 Å². The zero-order chi connectivity index (χ0) is 12.3. The van der Waals surface area contributed by atoms with E-state index in [0.29, 0.717) is 12.2 Å². The van der Waals surface area contributed by atoms with E-state index in [1.807, 2.05) is 13.8 Å². The van der Waals surface area contributed by atoms with Gasteiger partial charge < -0.3 is 10.4 Å². The van der Waals surface area contributed by atoms with Gasteiger partial charge in [-0.2, -0.15) is 0 Å². The lowest BCUT2D eigenvalue weighted by atomic mass is 9.92. The maximum absolute atomic E-state index is 12.9. The van der Waals surface area contributed by atoms with Gasteiger partial charge in [0, 0.05) is 12.2 Å². The van der Waals surface area contributed by atoms with Gasteiger partial charge in [0.1, 0.15) is 5.82 Å². The van der Waals surface area contributed by atoms with Crippen molar-refractivity contribution < 1.29 is 9.50 Å². The molecule has 0 aliphatic rings. The van der Waals surface area contributed by atoms with Gasteiger partial charge in [-0.15, -0.1) is 0 Å². The van der Waals surface area contributed by atoms with Crippen LogP contribution in [0.5, 0.6) is 0 Å². The van der Waals surface area contributed by atoms with Crippen LogP contribution in [0.2, 0.25) is 5.02 Å². The summed E-state index contributed by atoms with van der Waals surface area (Å²) in [5.74, 6) is -0.307. The molecule has 0 saturated carbocycles. The molecule has 0 aromatic heterocycles. The zero-order valence-corrected chi connectivity index (χ0v) is 10.5. The SMILES string of the molecule is CC(C)C(C)(O)CNc1ccc(F)c(Cl)c1. The van der Waals surface area contributed by atoms with Crippen LogP contribution in [0.3, 0.4) is 0 Å². The fourth-order valence-electron chi connectivity index (χ4n) is 1.09. The third kappa shape index (κ3) is 3.35. The standard InChI is InChI=1S/C12H17ClFNO/c1-8(2)12(3,16)7-15-9-4-5-11(14)10(13)6-9/h4-6,8,15-16H,7H2,1-3H3. The van der Waals surface area contributed by atoms with Gasteiger partial charge in [-0.05, 0) is 31.0 Å². The molecule has 2 nitrogen and oxygen atoms in total. The first-order chi connectivity index (χ1) is 7.33. The Morgan fingerprint density at radius 2 is 2.12 bits per heavy atom. The zero-order valence-electron chi connectivity index (χ0n) is 9.72. The number of benzene rings is 1. The summed E-state index contributed by atoms with van der Waals surface area (Å²) in [4.78, 5) is 0. The van der Waals surface area contributed by atoms with Crippen molar-refractivity contribution in [2.24, 2.45) is 5.92 Å². The molecule has 4 heteroatoms. The highest BCUT2D eigenvalue weighted by molar-refractivity contribution is 6.31. The molecule has 0 spiro atoms. The van der Waals surface area contributed by atoms with Crippen LogP contribution in [0, 0.1) is 11.7 Å². The summed E-state index contributed by atoms with van der Waals surface area (Å²) >= 11 is 5.65. The minimum Gasteiger partial charge on any atom is -0.388 e. The molecule has 0 amide bonds. The van der Waals surface area contributed by atoms with Gasteiger partial charge in [-0.25, -0.2) is 4.39 Å². The second-order valence-electron chi connectivity index (χ2n) is 4.49. The van der Waals surface area contributed by atoms with Crippen molar-refractivity contribution in [3.05, 3.63) is 29.0 Å². The van der Waals surface area contributed by atoms with E-state index in [9.17, 15) is 9.50 Å². The quantitative estimate of drug-likeness (QED) is 0.853. The first-order valence-electron chi connectivity index (χ1n) is 5.24. The lowest BCUT2D eigenvalue weighted by Gasteiger charge is -2.28. The van der Waals surface area contributed by atoms with Crippen molar-refractivity contribution in [2.45, 2.75) is 26.4 Å². The number of rotatable bonds is 4. The van der Waals surface area contributed by atoms with Crippen molar-refractivity contribution in [3.63, 3.8) is 0 Å². The lowest BCUT2D eigenvalue weighted by Crippen LogP contribution is -2.38. The molecule has 0 aliphatic carbocycles. The van der Waals surface area contributed by atoms with Crippen molar-refractivity contribution in [3.8, 4) is 0 Å². The van der Waals surface area contributed by atoms with E-state index < -0.39 is 11.4 Å². The smallest absolute Gasteiger partial charge is 0.141 e. The van der Waals surface area contributed by atoms with Crippen LogP contribution in [0.1, 0.15) is 20.8 Å². The molecule has 0 bridgehead atoms. The van der Waals surface area contributed by atoms with Crippen LogP contribution in [0.25, 0.3) is 0 Å². The van der Waals surface area contributed by atoms with E-state index in [2.05, 4.69) is 5.32 Å². The minimum absolute atomic E-state index is 0.0780. The fourth-order valence-corrected chi connectivity index (χ4v) is 1.27. The summed E-state index contributed by atoms with van der Waals surface area (Å²) in [7, 11) is 0. The van der Waals surface area contributed by atoms with Gasteiger partial charge in [0.05, 0.1) is 10.6 Å². The molecular weight excluding hydrogens is 229 g/mol. The Kier molecular flexibility index (Phi) is 4.16. The summed E-state index contributed by atoms with van der Waals surface area (Å²) in [5.41, 5.74) is -0.103. The second-order valence-corrected chi connectivity index (χ2v) is 4.90. The summed E-state index contributed by atoms with van der Waals surface area (Å²) in [5, 5.41) is 13.1. The highest BCUT2D eigenvalue weighted by Crippen LogP contribution is 2.21. The van der Waals surface area contributed by atoms with E-state index in [-0.39, 0.29) is 10.9 Å². The van der Waals surface area contributed by atoms with Gasteiger partial charge in [-0.3, -0.25) is 0 Å². The van der Waals surface area contributed by atoms with Crippen molar-refractivity contribution in [1.29, 1.82) is 0 Å². The largest absolute Gasteiger partial charge is 0.388 e. The van der Waals surface area contributed by atoms with Crippen LogP contribution in [-0.4, -0.2) is 17.3 Å². The molecule has 0 aliphatic heterocycles. The molecule has 90 valence electrons. The average Bonchev–Trinajstić information content (AvgIpc) is 2.20. The average molecular weight is 246 g/mol. The van der Waals surface area contributed by atoms with E-state index >= 15 is 0 Å². The Bertz CT molecular complexity index is 366. The van der Waals surface area contributed by atoms with E-state index in [1.54, 1.807) is 13.0 Å². The number of halogens is 2. The molecule has 2 N–H and O–H groups in total. The lowest BCUT2D eigenvalue weighted by molar-refractivity contribution is 0.0266. The molecule has 0 heterocycles. The van der Waals surface area contributed by atoms with Gasteiger partial charge >= 0.3 is 0 Å². The number of hydrogen-bond donors (Lipinski definition) is 2. The molecule has 1 rings (SSSR count). The Labute approximate surface area is 100 Å². The number of nitrogens with one attached hydrogen (secondary N) is 1. The summed E-state index contributed by atoms with van der Waals surface area (Å²) in [6.07, 6.45) is 0. The van der Waals surface area contributed by atoms with Crippen molar-refractivity contribution in [2.75, 3.05) is 11.9 Å². The normalized spacial score (nSPS) is 14.9. The molecular formula is C12H17ClFNO. The maximum atomic E-state index is 12.9. The highest BCUT2D eigenvalue weighted by atomic mass is 35.5. The van der Waals surface area contributed by atoms with Crippen LogP contribution in [-0.2, 0) is 0 Å². The Balaban J connectivity index is 2.65. The van der Waals surface area contributed by atoms with Crippen LogP contribution in [0.4, 0.5) is 10.1 Å². The molecule has 1 unspecified atom stereocenters. The molecule has 0 saturated heterocycles. The second kappa shape index (κ2) is 5.02. The maximum Gasteiger partial charge on any atom is 0.141 e. The Hall–Kier alpha value is -0.800.